The highest BCUT2D eigenvalue weighted by atomic mass is 35.5. The van der Waals surface area contributed by atoms with Crippen molar-refractivity contribution in [2.75, 3.05) is 13.7 Å². The summed E-state index contributed by atoms with van der Waals surface area (Å²) in [6.45, 7) is 1.79. The second-order valence-corrected chi connectivity index (χ2v) is 3.70. The number of carbonyl (C=O) groups is 1. The number of ether oxygens (including phenoxy) is 2. The average Bonchev–Trinajstić information content (AvgIpc) is 2.31. The van der Waals surface area contributed by atoms with Crippen molar-refractivity contribution >= 4 is 17.6 Å². The summed E-state index contributed by atoms with van der Waals surface area (Å²) in [5.74, 6) is -0.872. The smallest absolute Gasteiger partial charge is 0.310 e. The second kappa shape index (κ2) is 6.49. The molecule has 0 saturated carbocycles. The fraction of sp³-hybridized carbons (Fsp3) is 0.455. The van der Waals surface area contributed by atoms with Crippen LogP contribution >= 0.6 is 11.6 Å². The molecule has 4 nitrogen and oxygen atoms in total. The summed E-state index contributed by atoms with van der Waals surface area (Å²) < 4.78 is 35.4. The minimum atomic E-state index is -2.84. The zero-order chi connectivity index (χ0) is 13.7. The maximum absolute atomic E-state index is 13.0. The van der Waals surface area contributed by atoms with Gasteiger partial charge in [0.15, 0.2) is 0 Å². The zero-order valence-corrected chi connectivity index (χ0v) is 10.6. The van der Waals surface area contributed by atoms with Crippen molar-refractivity contribution in [3.05, 3.63) is 22.3 Å². The summed E-state index contributed by atoms with van der Waals surface area (Å²) in [5, 5.41) is -0.0147. The molecule has 0 aliphatic heterocycles. The maximum Gasteiger partial charge on any atom is 0.310 e. The van der Waals surface area contributed by atoms with Crippen LogP contribution in [0.2, 0.25) is 5.02 Å². The first-order valence-electron chi connectivity index (χ1n) is 5.16. The molecule has 0 radical (unpaired) electrons. The van der Waals surface area contributed by atoms with Gasteiger partial charge in [0.25, 0.3) is 6.43 Å². The molecule has 0 fully saturated rings. The first kappa shape index (κ1) is 14.6. The van der Waals surface area contributed by atoms with Crippen molar-refractivity contribution in [1.29, 1.82) is 0 Å². The van der Waals surface area contributed by atoms with Gasteiger partial charge in [0, 0.05) is 6.20 Å². The SMILES string of the molecule is CCOC(=O)Cc1c(Cl)cnc(OC)c1C(F)F. The third-order valence-corrected chi connectivity index (χ3v) is 2.50. The fourth-order valence-electron chi connectivity index (χ4n) is 1.44. The first-order chi connectivity index (χ1) is 8.51. The number of pyridine rings is 1. The highest BCUT2D eigenvalue weighted by molar-refractivity contribution is 6.31. The maximum atomic E-state index is 13.0. The molecule has 0 aromatic carbocycles. The molecule has 0 N–H and O–H groups in total. The Morgan fingerprint density at radius 2 is 2.22 bits per heavy atom. The molecule has 7 heteroatoms. The lowest BCUT2D eigenvalue weighted by Crippen LogP contribution is -2.11. The Morgan fingerprint density at radius 3 is 2.72 bits per heavy atom. The fourth-order valence-corrected chi connectivity index (χ4v) is 1.66. The molecule has 0 spiro atoms. The van der Waals surface area contributed by atoms with Crippen LogP contribution in [0.1, 0.15) is 24.5 Å². The van der Waals surface area contributed by atoms with E-state index in [0.717, 1.165) is 0 Å². The van der Waals surface area contributed by atoms with Crippen LogP contribution in [-0.4, -0.2) is 24.7 Å². The molecule has 0 atom stereocenters. The van der Waals surface area contributed by atoms with Crippen LogP contribution in [0.15, 0.2) is 6.20 Å². The lowest BCUT2D eigenvalue weighted by Gasteiger charge is -2.13. The standard InChI is InChI=1S/C11H12ClF2NO3/c1-3-18-8(16)4-6-7(12)5-15-11(17-2)9(6)10(13)14/h5,10H,3-4H2,1-2H3. The lowest BCUT2D eigenvalue weighted by molar-refractivity contribution is -0.142. The van der Waals surface area contributed by atoms with Gasteiger partial charge < -0.3 is 9.47 Å². The average molecular weight is 280 g/mol. The molecule has 0 aliphatic rings. The molecule has 0 amide bonds. The number of hydrogen-bond acceptors (Lipinski definition) is 4. The number of hydrogen-bond donors (Lipinski definition) is 0. The molecule has 1 aromatic heterocycles. The van der Waals surface area contributed by atoms with Gasteiger partial charge >= 0.3 is 5.97 Å². The Morgan fingerprint density at radius 1 is 1.56 bits per heavy atom. The molecular formula is C11H12ClF2NO3. The molecule has 0 unspecified atom stereocenters. The van der Waals surface area contributed by atoms with Gasteiger partial charge in [0.05, 0.1) is 30.7 Å². The van der Waals surface area contributed by atoms with E-state index in [1.54, 1.807) is 6.92 Å². The van der Waals surface area contributed by atoms with Crippen LogP contribution < -0.4 is 4.74 Å². The van der Waals surface area contributed by atoms with E-state index in [0.29, 0.717) is 0 Å². The van der Waals surface area contributed by atoms with Gasteiger partial charge in [-0.25, -0.2) is 13.8 Å². The van der Waals surface area contributed by atoms with Crippen molar-refractivity contribution in [2.45, 2.75) is 19.8 Å². The number of alkyl halides is 2. The Bertz CT molecular complexity index is 441. The van der Waals surface area contributed by atoms with Crippen LogP contribution in [0, 0.1) is 0 Å². The highest BCUT2D eigenvalue weighted by Crippen LogP contribution is 2.34. The number of rotatable bonds is 5. The molecule has 100 valence electrons. The number of nitrogens with zero attached hydrogens (tertiary/aromatic N) is 1. The molecule has 1 rings (SSSR count). The number of halogens is 3. The van der Waals surface area contributed by atoms with Crippen molar-refractivity contribution in [1.82, 2.24) is 4.98 Å². The van der Waals surface area contributed by atoms with E-state index in [2.05, 4.69) is 4.98 Å². The molecule has 18 heavy (non-hydrogen) atoms. The number of aromatic nitrogens is 1. The second-order valence-electron chi connectivity index (χ2n) is 3.29. The Balaban J connectivity index is 3.18. The summed E-state index contributed by atoms with van der Waals surface area (Å²) in [6.07, 6.45) is -2.01. The number of carbonyl (C=O) groups excluding carboxylic acids is 1. The van der Waals surface area contributed by atoms with E-state index >= 15 is 0 Å². The minimum Gasteiger partial charge on any atom is -0.481 e. The monoisotopic (exact) mass is 279 g/mol. The summed E-state index contributed by atoms with van der Waals surface area (Å²) in [7, 11) is 1.22. The third kappa shape index (κ3) is 3.29. The van der Waals surface area contributed by atoms with E-state index in [-0.39, 0.29) is 29.5 Å². The summed E-state index contributed by atoms with van der Waals surface area (Å²) in [6, 6.07) is 0. The minimum absolute atomic E-state index is 0.0147. The van der Waals surface area contributed by atoms with Crippen molar-refractivity contribution in [3.8, 4) is 5.88 Å². The molecule has 1 heterocycles. The quantitative estimate of drug-likeness (QED) is 0.778. The summed E-state index contributed by atoms with van der Waals surface area (Å²) in [5.41, 5.74) is -0.491. The Kier molecular flexibility index (Phi) is 5.27. The molecule has 1 aromatic rings. The van der Waals surface area contributed by atoms with Crippen molar-refractivity contribution < 1.29 is 23.0 Å². The van der Waals surface area contributed by atoms with E-state index < -0.39 is 18.0 Å². The normalized spacial score (nSPS) is 10.6. The van der Waals surface area contributed by atoms with Gasteiger partial charge in [-0.05, 0) is 12.5 Å². The van der Waals surface area contributed by atoms with E-state index in [9.17, 15) is 13.6 Å². The predicted octanol–water partition coefficient (Wildman–Crippen LogP) is 2.79. The van der Waals surface area contributed by atoms with E-state index in [4.69, 9.17) is 21.1 Å². The van der Waals surface area contributed by atoms with Crippen LogP contribution in [0.3, 0.4) is 0 Å². The van der Waals surface area contributed by atoms with E-state index in [1.165, 1.54) is 13.3 Å². The van der Waals surface area contributed by atoms with Gasteiger partial charge in [-0.1, -0.05) is 11.6 Å². The largest absolute Gasteiger partial charge is 0.481 e. The van der Waals surface area contributed by atoms with Crippen molar-refractivity contribution in [2.24, 2.45) is 0 Å². The molecular weight excluding hydrogens is 268 g/mol. The van der Waals surface area contributed by atoms with Crippen LogP contribution in [0.25, 0.3) is 0 Å². The molecule has 0 bridgehead atoms. The van der Waals surface area contributed by atoms with E-state index in [1.807, 2.05) is 0 Å². The van der Waals surface area contributed by atoms with Gasteiger partial charge in [0.1, 0.15) is 0 Å². The highest BCUT2D eigenvalue weighted by Gasteiger charge is 2.24. The predicted molar refractivity (Wildman–Crippen MR) is 61.1 cm³/mol. The third-order valence-electron chi connectivity index (χ3n) is 2.18. The molecule has 0 aliphatic carbocycles. The first-order valence-corrected chi connectivity index (χ1v) is 5.54. The number of methoxy groups -OCH3 is 1. The van der Waals surface area contributed by atoms with Crippen LogP contribution in [0.5, 0.6) is 5.88 Å². The zero-order valence-electron chi connectivity index (χ0n) is 9.87. The van der Waals surface area contributed by atoms with Gasteiger partial charge in [-0.2, -0.15) is 0 Å². The number of esters is 1. The molecule has 0 saturated heterocycles. The summed E-state index contributed by atoms with van der Waals surface area (Å²) >= 11 is 5.79. The lowest BCUT2D eigenvalue weighted by atomic mass is 10.1. The summed E-state index contributed by atoms with van der Waals surface area (Å²) in [4.78, 5) is 15.0. The van der Waals surface area contributed by atoms with Gasteiger partial charge in [0.2, 0.25) is 5.88 Å². The van der Waals surface area contributed by atoms with Crippen LogP contribution in [-0.2, 0) is 16.0 Å². The van der Waals surface area contributed by atoms with Crippen LogP contribution in [0.4, 0.5) is 8.78 Å². The van der Waals surface area contributed by atoms with Gasteiger partial charge in [-0.15, -0.1) is 0 Å². The topological polar surface area (TPSA) is 48.4 Å². The van der Waals surface area contributed by atoms with Crippen molar-refractivity contribution in [3.63, 3.8) is 0 Å². The van der Waals surface area contributed by atoms with Gasteiger partial charge in [-0.3, -0.25) is 4.79 Å². The Labute approximate surface area is 108 Å². The Hall–Kier alpha value is -1.43.